The molecule has 0 amide bonds. The second-order valence-corrected chi connectivity index (χ2v) is 2.88. The molecule has 0 heterocycles. The van der Waals surface area contributed by atoms with Crippen molar-refractivity contribution < 1.29 is 4.39 Å². The van der Waals surface area contributed by atoms with Crippen LogP contribution in [0.4, 0.5) is 10.1 Å². The molecule has 14 heavy (non-hydrogen) atoms. The number of nitrogens with one attached hydrogen (secondary N) is 1. The summed E-state index contributed by atoms with van der Waals surface area (Å²) in [5.41, 5.74) is 0.977. The van der Waals surface area contributed by atoms with E-state index >= 15 is 0 Å². The lowest BCUT2D eigenvalue weighted by Gasteiger charge is -2.13. The predicted octanol–water partition coefficient (Wildman–Crippen LogP) is 2.04. The van der Waals surface area contributed by atoms with Gasteiger partial charge in [0.15, 0.2) is 0 Å². The Kier molecular flexibility index (Phi) is 2.99. The van der Waals surface area contributed by atoms with Crippen molar-refractivity contribution in [2.24, 2.45) is 5.84 Å². The van der Waals surface area contributed by atoms with Crippen LogP contribution in [0.1, 0.15) is 12.5 Å². The molecule has 0 bridgehead atoms. The highest BCUT2D eigenvalue weighted by Crippen LogP contribution is 2.17. The molecule has 0 spiro atoms. The number of anilines is 1. The van der Waals surface area contributed by atoms with Crippen molar-refractivity contribution in [3.8, 4) is 0 Å². The van der Waals surface area contributed by atoms with Crippen LogP contribution in [-0.2, 0) is 0 Å². The quantitative estimate of drug-likeness (QED) is 0.438. The first-order valence-corrected chi connectivity index (χ1v) is 4.08. The number of hydrazine groups is 1. The van der Waals surface area contributed by atoms with Crippen LogP contribution < -0.4 is 10.9 Å². The first-order chi connectivity index (χ1) is 6.56. The molecule has 3 nitrogen and oxygen atoms in total. The third-order valence-electron chi connectivity index (χ3n) is 1.85. The molecule has 1 rings (SSSR count). The van der Waals surface area contributed by atoms with Crippen molar-refractivity contribution in [2.45, 2.75) is 6.92 Å². The van der Waals surface area contributed by atoms with Crippen LogP contribution >= 0.6 is 0 Å². The van der Waals surface area contributed by atoms with Crippen LogP contribution in [0.3, 0.4) is 0 Å². The third kappa shape index (κ3) is 1.97. The van der Waals surface area contributed by atoms with E-state index in [-0.39, 0.29) is 11.3 Å². The highest BCUT2D eigenvalue weighted by molar-refractivity contribution is 5.96. The number of hydrogen-bond acceptors (Lipinski definition) is 3. The zero-order chi connectivity index (χ0) is 10.7. The fourth-order valence-corrected chi connectivity index (χ4v) is 1.07. The van der Waals surface area contributed by atoms with E-state index in [2.05, 4.69) is 6.58 Å². The molecule has 0 saturated heterocycles. The molecule has 4 heteroatoms. The maximum absolute atomic E-state index is 13.3. The van der Waals surface area contributed by atoms with Crippen molar-refractivity contribution in [3.05, 3.63) is 42.4 Å². The van der Waals surface area contributed by atoms with Gasteiger partial charge in [0.05, 0.1) is 5.69 Å². The van der Waals surface area contributed by atoms with Gasteiger partial charge in [0.1, 0.15) is 5.82 Å². The van der Waals surface area contributed by atoms with Gasteiger partial charge >= 0.3 is 0 Å². The van der Waals surface area contributed by atoms with Crippen molar-refractivity contribution in [3.63, 3.8) is 0 Å². The topological polar surface area (TPSA) is 53.1 Å². The Morgan fingerprint density at radius 2 is 2.29 bits per heavy atom. The number of benzene rings is 1. The molecule has 3 N–H and O–H groups in total. The van der Waals surface area contributed by atoms with Gasteiger partial charge in [0.2, 0.25) is 0 Å². The van der Waals surface area contributed by atoms with E-state index in [0.29, 0.717) is 5.69 Å². The summed E-state index contributed by atoms with van der Waals surface area (Å²) in [6.07, 6.45) is 1.38. The molecule has 0 aliphatic carbocycles. The van der Waals surface area contributed by atoms with E-state index in [9.17, 15) is 4.39 Å². The van der Waals surface area contributed by atoms with Gasteiger partial charge in [-0.25, -0.2) is 10.2 Å². The van der Waals surface area contributed by atoms with Crippen LogP contribution in [0.15, 0.2) is 31.0 Å². The standard InChI is InChI=1S/C10H12FN3/c1-3-14(13)8-4-5-9(7(2)12)10(11)6-8/h3-6,12H,1,13H2,2H3. The Morgan fingerprint density at radius 3 is 2.71 bits per heavy atom. The van der Waals surface area contributed by atoms with E-state index in [1.165, 1.54) is 30.3 Å². The number of nitrogens with two attached hydrogens (primary N) is 1. The first kappa shape index (κ1) is 10.4. The second-order valence-electron chi connectivity index (χ2n) is 2.88. The van der Waals surface area contributed by atoms with E-state index in [1.807, 2.05) is 0 Å². The zero-order valence-electron chi connectivity index (χ0n) is 7.92. The zero-order valence-corrected chi connectivity index (χ0v) is 7.92. The fourth-order valence-electron chi connectivity index (χ4n) is 1.07. The smallest absolute Gasteiger partial charge is 0.134 e. The van der Waals surface area contributed by atoms with Crippen LogP contribution in [-0.4, -0.2) is 5.71 Å². The van der Waals surface area contributed by atoms with E-state index in [4.69, 9.17) is 11.3 Å². The average molecular weight is 193 g/mol. The van der Waals surface area contributed by atoms with Gasteiger partial charge in [-0.2, -0.15) is 0 Å². The van der Waals surface area contributed by atoms with Crippen LogP contribution in [0, 0.1) is 11.2 Å². The predicted molar refractivity (Wildman–Crippen MR) is 55.8 cm³/mol. The van der Waals surface area contributed by atoms with E-state index < -0.39 is 5.82 Å². The summed E-state index contributed by atoms with van der Waals surface area (Å²) < 4.78 is 13.3. The molecule has 0 aromatic heterocycles. The lowest BCUT2D eigenvalue weighted by molar-refractivity contribution is 0.625. The van der Waals surface area contributed by atoms with Crippen LogP contribution in [0.5, 0.6) is 0 Å². The minimum absolute atomic E-state index is 0.191. The highest BCUT2D eigenvalue weighted by atomic mass is 19.1. The van der Waals surface area contributed by atoms with Crippen molar-refractivity contribution >= 4 is 11.4 Å². The Morgan fingerprint density at radius 1 is 1.64 bits per heavy atom. The molecular weight excluding hydrogens is 181 g/mol. The van der Waals surface area contributed by atoms with Crippen molar-refractivity contribution in [2.75, 3.05) is 5.01 Å². The van der Waals surface area contributed by atoms with Crippen LogP contribution in [0.2, 0.25) is 0 Å². The summed E-state index contributed by atoms with van der Waals surface area (Å²) in [5.74, 6) is 5.03. The van der Waals surface area contributed by atoms with Gasteiger partial charge in [0, 0.05) is 17.5 Å². The van der Waals surface area contributed by atoms with Gasteiger partial charge < -0.3 is 5.41 Å². The molecule has 74 valence electrons. The molecule has 0 aliphatic rings. The monoisotopic (exact) mass is 193 g/mol. The van der Waals surface area contributed by atoms with E-state index in [0.717, 1.165) is 0 Å². The lowest BCUT2D eigenvalue weighted by Crippen LogP contribution is -2.23. The molecule has 0 fully saturated rings. The highest BCUT2D eigenvalue weighted by Gasteiger charge is 2.06. The first-order valence-electron chi connectivity index (χ1n) is 4.08. The number of halogens is 1. The van der Waals surface area contributed by atoms with Gasteiger partial charge in [0.25, 0.3) is 0 Å². The Balaban J connectivity index is 3.12. The summed E-state index contributed by atoms with van der Waals surface area (Å²) in [6, 6.07) is 4.43. The molecule has 0 aliphatic heterocycles. The van der Waals surface area contributed by atoms with Crippen molar-refractivity contribution in [1.82, 2.24) is 0 Å². The summed E-state index contributed by atoms with van der Waals surface area (Å²) in [4.78, 5) is 0. The average Bonchev–Trinajstić information content (AvgIpc) is 2.15. The van der Waals surface area contributed by atoms with E-state index in [1.54, 1.807) is 6.07 Å². The lowest BCUT2D eigenvalue weighted by atomic mass is 10.1. The Labute approximate surface area is 82.1 Å². The normalized spacial score (nSPS) is 9.64. The molecular formula is C10H12FN3. The van der Waals surface area contributed by atoms with Gasteiger partial charge in [-0.05, 0) is 25.1 Å². The summed E-state index contributed by atoms with van der Waals surface area (Å²) in [6.45, 7) is 4.99. The molecule has 0 unspecified atom stereocenters. The molecule has 0 saturated carbocycles. The molecule has 1 aromatic rings. The Bertz CT molecular complexity index is 374. The van der Waals surface area contributed by atoms with Crippen molar-refractivity contribution in [1.29, 1.82) is 5.41 Å². The summed E-state index contributed by atoms with van der Waals surface area (Å²) in [5, 5.41) is 8.51. The summed E-state index contributed by atoms with van der Waals surface area (Å²) >= 11 is 0. The largest absolute Gasteiger partial charge is 0.305 e. The van der Waals surface area contributed by atoms with Gasteiger partial charge in [-0.3, -0.25) is 5.01 Å². The number of rotatable bonds is 3. The molecule has 0 atom stereocenters. The molecule has 0 radical (unpaired) electrons. The minimum Gasteiger partial charge on any atom is -0.305 e. The fraction of sp³-hybridized carbons (Fsp3) is 0.100. The SMILES string of the molecule is C=CN(N)c1ccc(C(C)=N)c(F)c1. The summed E-state index contributed by atoms with van der Waals surface area (Å²) in [7, 11) is 0. The number of nitrogens with zero attached hydrogens (tertiary/aromatic N) is 1. The Hall–Kier alpha value is -1.68. The maximum atomic E-state index is 13.3. The maximum Gasteiger partial charge on any atom is 0.134 e. The van der Waals surface area contributed by atoms with Gasteiger partial charge in [-0.15, -0.1) is 0 Å². The van der Waals surface area contributed by atoms with Gasteiger partial charge in [-0.1, -0.05) is 6.58 Å². The third-order valence-corrected chi connectivity index (χ3v) is 1.85. The molecule has 1 aromatic carbocycles. The second kappa shape index (κ2) is 4.02. The minimum atomic E-state index is -0.452. The van der Waals surface area contributed by atoms with Crippen LogP contribution in [0.25, 0.3) is 0 Å². The number of hydrogen-bond donors (Lipinski definition) is 2.